The van der Waals surface area contributed by atoms with E-state index in [0.29, 0.717) is 0 Å². The van der Waals surface area contributed by atoms with Gasteiger partial charge in [-0.3, -0.25) is 4.79 Å². The summed E-state index contributed by atoms with van der Waals surface area (Å²) in [5.41, 5.74) is -1.58. The molecule has 0 saturated carbocycles. The number of hydrogen-bond acceptors (Lipinski definition) is 10. The Morgan fingerprint density at radius 2 is 1.75 bits per heavy atom. The molecule has 3 heterocycles. The molecule has 2 aliphatic rings. The minimum Gasteiger partial charge on any atom is -0.507 e. The molecule has 0 amide bonds. The first-order chi connectivity index (χ1) is 15.2. The van der Waals surface area contributed by atoms with Crippen LogP contribution in [0.25, 0.3) is 22.3 Å². The zero-order chi connectivity index (χ0) is 22.9. The number of phenols is 3. The number of aliphatic hydroxyl groups excluding tert-OH is 3. The number of aliphatic hydroxyl groups is 3. The average molecular weight is 444 g/mol. The van der Waals surface area contributed by atoms with Gasteiger partial charge in [-0.1, -0.05) is 0 Å². The second kappa shape index (κ2) is 6.84. The topological polar surface area (TPSA) is 170 Å². The summed E-state index contributed by atoms with van der Waals surface area (Å²) in [5, 5.41) is 60.2. The van der Waals surface area contributed by atoms with Crippen molar-refractivity contribution in [1.29, 1.82) is 0 Å². The second-order valence-corrected chi connectivity index (χ2v) is 8.12. The third kappa shape index (κ3) is 2.71. The van der Waals surface area contributed by atoms with Gasteiger partial charge in [-0.25, -0.2) is 0 Å². The zero-order valence-electron chi connectivity index (χ0n) is 16.7. The quantitative estimate of drug-likeness (QED) is 0.309. The normalized spacial score (nSPS) is 28.9. The van der Waals surface area contributed by atoms with E-state index in [1.807, 2.05) is 0 Å². The molecule has 6 N–H and O–H groups in total. The van der Waals surface area contributed by atoms with Gasteiger partial charge in [-0.2, -0.15) is 0 Å². The van der Waals surface area contributed by atoms with Crippen LogP contribution < -0.4 is 10.2 Å². The van der Waals surface area contributed by atoms with Crippen LogP contribution in [-0.4, -0.2) is 61.7 Å². The summed E-state index contributed by atoms with van der Waals surface area (Å²) in [6.45, 7) is 0.991. The number of phenolic OH excluding ortho intramolecular Hbond substituents is 3. The second-order valence-electron chi connectivity index (χ2n) is 8.12. The highest BCUT2D eigenvalue weighted by atomic mass is 16.6. The fourth-order valence-corrected chi connectivity index (χ4v) is 4.52. The van der Waals surface area contributed by atoms with Crippen LogP contribution in [0, 0.1) is 0 Å². The minimum absolute atomic E-state index is 0.0350. The molecule has 5 atom stereocenters. The Labute approximate surface area is 180 Å². The molecular formula is C22H20O10. The summed E-state index contributed by atoms with van der Waals surface area (Å²) < 4.78 is 17.7. The Balaban J connectivity index is 1.78. The number of aromatic hydroxyl groups is 3. The highest BCUT2D eigenvalue weighted by Crippen LogP contribution is 2.53. The fourth-order valence-electron chi connectivity index (χ4n) is 4.52. The Morgan fingerprint density at radius 1 is 1.00 bits per heavy atom. The van der Waals surface area contributed by atoms with Crippen molar-refractivity contribution in [2.75, 3.05) is 6.61 Å². The lowest BCUT2D eigenvalue weighted by Crippen LogP contribution is -2.62. The predicted octanol–water partition coefficient (Wildman–Crippen LogP) is 0.666. The number of rotatable bonds is 2. The van der Waals surface area contributed by atoms with Crippen molar-refractivity contribution in [3.05, 3.63) is 46.1 Å². The van der Waals surface area contributed by atoms with Crippen molar-refractivity contribution in [1.82, 2.24) is 0 Å². The van der Waals surface area contributed by atoms with Gasteiger partial charge in [0, 0.05) is 17.7 Å². The van der Waals surface area contributed by atoms with Gasteiger partial charge in [-0.15, -0.1) is 0 Å². The Kier molecular flexibility index (Phi) is 4.40. The van der Waals surface area contributed by atoms with Gasteiger partial charge < -0.3 is 44.5 Å². The maximum Gasteiger partial charge on any atom is 0.197 e. The SMILES string of the molecule is CC12OC(CO)C(O)C(O)C1Oc1cc(O)c3c(=O)cc(-c4ccc(O)c(O)c4)oc3c12. The van der Waals surface area contributed by atoms with Gasteiger partial charge in [0.05, 0.1) is 12.2 Å². The third-order valence-electron chi connectivity index (χ3n) is 6.12. The molecule has 1 fully saturated rings. The number of fused-ring (bicyclic) bond motifs is 5. The molecule has 10 heteroatoms. The van der Waals surface area contributed by atoms with E-state index in [1.165, 1.54) is 24.3 Å². The molecule has 10 nitrogen and oxygen atoms in total. The van der Waals surface area contributed by atoms with Crippen LogP contribution in [0.5, 0.6) is 23.0 Å². The van der Waals surface area contributed by atoms with E-state index in [9.17, 15) is 35.4 Å². The van der Waals surface area contributed by atoms with Crippen molar-refractivity contribution >= 4 is 11.0 Å². The largest absolute Gasteiger partial charge is 0.507 e. The van der Waals surface area contributed by atoms with E-state index >= 15 is 0 Å². The maximum atomic E-state index is 12.9. The molecule has 0 aliphatic carbocycles. The van der Waals surface area contributed by atoms with Crippen molar-refractivity contribution in [2.24, 2.45) is 0 Å². The van der Waals surface area contributed by atoms with Crippen molar-refractivity contribution in [3.63, 3.8) is 0 Å². The van der Waals surface area contributed by atoms with Crippen LogP contribution >= 0.6 is 0 Å². The van der Waals surface area contributed by atoms with Gasteiger partial charge in [0.15, 0.2) is 28.6 Å². The number of benzene rings is 2. The van der Waals surface area contributed by atoms with Gasteiger partial charge in [-0.05, 0) is 25.1 Å². The standard InChI is InChI=1S/C22H20O10/c1-22-17-14(31-21(22)19(29)18(28)15(7-23)32-22)6-12(27)16-11(26)5-13(30-20(16)17)8-2-3-9(24)10(25)4-8/h2-6,15,18-19,21,23-25,27-29H,7H2,1H3. The summed E-state index contributed by atoms with van der Waals surface area (Å²) in [6, 6.07) is 6.22. The Bertz CT molecular complexity index is 1300. The average Bonchev–Trinajstić information content (AvgIpc) is 3.04. The van der Waals surface area contributed by atoms with Crippen molar-refractivity contribution in [3.8, 4) is 34.3 Å². The monoisotopic (exact) mass is 444 g/mol. The number of hydrogen-bond donors (Lipinski definition) is 6. The van der Waals surface area contributed by atoms with Gasteiger partial charge in [0.1, 0.15) is 46.6 Å². The van der Waals surface area contributed by atoms with Crippen LogP contribution in [0.3, 0.4) is 0 Å². The molecule has 1 aromatic heterocycles. The molecule has 5 unspecified atom stereocenters. The highest BCUT2D eigenvalue weighted by Gasteiger charge is 2.59. The van der Waals surface area contributed by atoms with Crippen molar-refractivity contribution < 1.29 is 44.5 Å². The minimum atomic E-state index is -1.43. The van der Waals surface area contributed by atoms with Crippen LogP contribution in [0.4, 0.5) is 0 Å². The summed E-state index contributed by atoms with van der Waals surface area (Å²) in [5.74, 6) is -1.06. The fraction of sp³-hybridized carbons (Fsp3) is 0.318. The molecule has 2 aliphatic heterocycles. The molecule has 0 bridgehead atoms. The van der Waals surface area contributed by atoms with Crippen LogP contribution in [0.1, 0.15) is 12.5 Å². The predicted molar refractivity (Wildman–Crippen MR) is 109 cm³/mol. The molecule has 0 radical (unpaired) electrons. The van der Waals surface area contributed by atoms with Gasteiger partial charge in [0.2, 0.25) is 0 Å². The van der Waals surface area contributed by atoms with Crippen LogP contribution in [0.15, 0.2) is 39.5 Å². The molecular weight excluding hydrogens is 424 g/mol. The van der Waals surface area contributed by atoms with E-state index in [4.69, 9.17) is 13.9 Å². The van der Waals surface area contributed by atoms with E-state index in [2.05, 4.69) is 0 Å². The first-order valence-corrected chi connectivity index (χ1v) is 9.84. The summed E-state index contributed by atoms with van der Waals surface area (Å²) in [7, 11) is 0. The number of ether oxygens (including phenoxy) is 2. The molecule has 2 aromatic carbocycles. The van der Waals surface area contributed by atoms with Crippen LogP contribution in [-0.2, 0) is 10.3 Å². The van der Waals surface area contributed by atoms with Gasteiger partial charge in [0.25, 0.3) is 0 Å². The molecule has 5 rings (SSSR count). The van der Waals surface area contributed by atoms with E-state index in [-0.39, 0.29) is 39.4 Å². The lowest BCUT2D eigenvalue weighted by molar-refractivity contribution is -0.255. The molecule has 3 aromatic rings. The summed E-state index contributed by atoms with van der Waals surface area (Å²) in [6.07, 6.45) is -5.09. The Morgan fingerprint density at radius 3 is 2.44 bits per heavy atom. The first kappa shape index (κ1) is 20.6. The third-order valence-corrected chi connectivity index (χ3v) is 6.12. The van der Waals surface area contributed by atoms with Crippen molar-refractivity contribution in [2.45, 2.75) is 36.9 Å². The lowest BCUT2D eigenvalue weighted by atomic mass is 9.82. The highest BCUT2D eigenvalue weighted by molar-refractivity contribution is 5.90. The molecule has 32 heavy (non-hydrogen) atoms. The van der Waals surface area contributed by atoms with E-state index in [1.54, 1.807) is 6.92 Å². The summed E-state index contributed by atoms with van der Waals surface area (Å²) >= 11 is 0. The summed E-state index contributed by atoms with van der Waals surface area (Å²) in [4.78, 5) is 12.9. The lowest BCUT2D eigenvalue weighted by Gasteiger charge is -2.44. The molecule has 168 valence electrons. The Hall–Kier alpha value is -3.31. The molecule has 1 saturated heterocycles. The van der Waals surface area contributed by atoms with Gasteiger partial charge >= 0.3 is 0 Å². The van der Waals surface area contributed by atoms with E-state index in [0.717, 1.165) is 6.07 Å². The van der Waals surface area contributed by atoms with E-state index < -0.39 is 53.6 Å². The maximum absolute atomic E-state index is 12.9. The molecule has 0 spiro atoms. The van der Waals surface area contributed by atoms with Crippen LogP contribution in [0.2, 0.25) is 0 Å². The zero-order valence-corrected chi connectivity index (χ0v) is 16.7. The first-order valence-electron chi connectivity index (χ1n) is 9.84. The smallest absolute Gasteiger partial charge is 0.197 e.